The molecular formula is C26H26N6O6. The van der Waals surface area contributed by atoms with Gasteiger partial charge >= 0.3 is 11.9 Å². The summed E-state index contributed by atoms with van der Waals surface area (Å²) in [6.45, 7) is 0.750. The highest BCUT2D eigenvalue weighted by atomic mass is 16.7. The highest BCUT2D eigenvalue weighted by Crippen LogP contribution is 2.26. The van der Waals surface area contributed by atoms with Crippen molar-refractivity contribution in [3.05, 3.63) is 72.1 Å². The van der Waals surface area contributed by atoms with Gasteiger partial charge in [-0.3, -0.25) is 9.59 Å². The molecule has 0 aliphatic heterocycles. The van der Waals surface area contributed by atoms with Gasteiger partial charge in [-0.25, -0.2) is 9.59 Å². The minimum absolute atomic E-state index is 0.375. The van der Waals surface area contributed by atoms with Crippen LogP contribution >= 0.6 is 0 Å². The first-order chi connectivity index (χ1) is 18.5. The zero-order valence-electron chi connectivity index (χ0n) is 20.3. The maximum absolute atomic E-state index is 12.5. The maximum Gasteiger partial charge on any atom is 0.356 e. The zero-order valence-corrected chi connectivity index (χ0v) is 20.3. The molecule has 2 aromatic heterocycles. The highest BCUT2D eigenvalue weighted by molar-refractivity contribution is 5.94. The van der Waals surface area contributed by atoms with E-state index in [0.717, 1.165) is 34.1 Å². The Labute approximate surface area is 216 Å². The Bertz CT molecular complexity index is 1420. The molecule has 0 atom stereocenters. The number of nitrogens with two attached hydrogens (primary N) is 2. The Kier molecular flexibility index (Phi) is 8.16. The van der Waals surface area contributed by atoms with E-state index in [1.165, 1.54) is 9.46 Å². The molecule has 0 saturated carbocycles. The maximum atomic E-state index is 12.5. The van der Waals surface area contributed by atoms with E-state index in [9.17, 15) is 19.2 Å². The van der Waals surface area contributed by atoms with Gasteiger partial charge in [-0.2, -0.15) is 9.46 Å². The number of carbonyl (C=O) groups excluding carboxylic acids is 4. The predicted octanol–water partition coefficient (Wildman–Crippen LogP) is 0.902. The van der Waals surface area contributed by atoms with E-state index in [4.69, 9.17) is 21.1 Å². The number of aromatic nitrogens is 2. The van der Waals surface area contributed by atoms with E-state index in [1.807, 2.05) is 0 Å². The summed E-state index contributed by atoms with van der Waals surface area (Å²) in [5, 5.41) is 6.69. The molecule has 2 amide bonds. The molecule has 0 unspecified atom stereocenters. The number of amides is 2. The summed E-state index contributed by atoms with van der Waals surface area (Å²) in [6.07, 6.45) is 7.37. The van der Waals surface area contributed by atoms with Crippen molar-refractivity contribution < 1.29 is 28.9 Å². The normalized spacial score (nSPS) is 11.1. The number of hydrogen-bond donors (Lipinski definition) is 4. The lowest BCUT2D eigenvalue weighted by Gasteiger charge is -2.05. The molecule has 0 saturated heterocycles. The third-order valence-corrected chi connectivity index (χ3v) is 5.72. The van der Waals surface area contributed by atoms with Crippen LogP contribution in [0.15, 0.2) is 60.9 Å². The van der Waals surface area contributed by atoms with Gasteiger partial charge < -0.3 is 31.8 Å². The largest absolute Gasteiger partial charge is 0.356 e. The van der Waals surface area contributed by atoms with Crippen molar-refractivity contribution in [3.63, 3.8) is 0 Å². The van der Waals surface area contributed by atoms with Crippen LogP contribution in [0.3, 0.4) is 0 Å². The summed E-state index contributed by atoms with van der Waals surface area (Å²) in [5.41, 5.74) is 15.4. The van der Waals surface area contributed by atoms with Crippen LogP contribution in [0.1, 0.15) is 11.1 Å². The van der Waals surface area contributed by atoms with Crippen LogP contribution in [-0.4, -0.2) is 47.3 Å². The highest BCUT2D eigenvalue weighted by Gasteiger charge is 2.14. The van der Waals surface area contributed by atoms with Crippen molar-refractivity contribution in [1.29, 1.82) is 0 Å². The van der Waals surface area contributed by atoms with Crippen molar-refractivity contribution in [2.24, 2.45) is 11.5 Å². The lowest BCUT2D eigenvalue weighted by molar-refractivity contribution is -0.140. The van der Waals surface area contributed by atoms with Crippen molar-refractivity contribution in [2.75, 3.05) is 23.7 Å². The molecular weight excluding hydrogens is 492 g/mol. The van der Waals surface area contributed by atoms with Crippen LogP contribution in [-0.2, 0) is 32.0 Å². The second kappa shape index (κ2) is 11.9. The van der Waals surface area contributed by atoms with Crippen molar-refractivity contribution in [2.45, 2.75) is 12.8 Å². The molecule has 4 rings (SSSR count). The average molecular weight is 519 g/mol. The first-order valence-corrected chi connectivity index (χ1v) is 11.7. The quantitative estimate of drug-likeness (QED) is 0.158. The number of carbonyl (C=O) groups is 4. The Morgan fingerprint density at radius 3 is 1.53 bits per heavy atom. The molecule has 2 heterocycles. The van der Waals surface area contributed by atoms with Crippen molar-refractivity contribution in [3.8, 4) is 0 Å². The van der Waals surface area contributed by atoms with Crippen molar-refractivity contribution in [1.82, 2.24) is 9.46 Å². The standard InChI is InChI=1S/C26H26N6O6/c27-9-7-17-13-31(23-3-1-19(29-15-33)11-21(17)23)37-25(35)5-6-26(36)38-32-14-18(8-10-28)22-12-20(30-16-34)2-4-24(22)32/h1-6,11-16H,7-10,27-28H2,(H,29,33)(H,30,34)/b6-5-. The number of benzene rings is 2. The topological polar surface area (TPSA) is 173 Å². The van der Waals surface area contributed by atoms with Crippen LogP contribution in [0, 0.1) is 0 Å². The van der Waals surface area contributed by atoms with Gasteiger partial charge in [0.1, 0.15) is 0 Å². The molecule has 0 radical (unpaired) electrons. The average Bonchev–Trinajstić information content (AvgIpc) is 3.41. The van der Waals surface area contributed by atoms with E-state index in [2.05, 4.69) is 10.6 Å². The minimum Gasteiger partial charge on any atom is -0.332 e. The van der Waals surface area contributed by atoms with Crippen LogP contribution < -0.4 is 31.8 Å². The molecule has 6 N–H and O–H groups in total. The summed E-state index contributed by atoms with van der Waals surface area (Å²) in [5.74, 6) is -1.61. The molecule has 4 aromatic rings. The fraction of sp³-hybridized carbons (Fsp3) is 0.154. The first-order valence-electron chi connectivity index (χ1n) is 11.7. The van der Waals surface area contributed by atoms with Crippen LogP contribution in [0.5, 0.6) is 0 Å². The summed E-state index contributed by atoms with van der Waals surface area (Å²) >= 11 is 0. The Morgan fingerprint density at radius 2 is 1.16 bits per heavy atom. The number of nitrogens with one attached hydrogen (secondary N) is 2. The number of rotatable bonds is 12. The molecule has 0 fully saturated rings. The third-order valence-electron chi connectivity index (χ3n) is 5.72. The van der Waals surface area contributed by atoms with E-state index >= 15 is 0 Å². The fourth-order valence-electron chi connectivity index (χ4n) is 4.10. The molecule has 38 heavy (non-hydrogen) atoms. The van der Waals surface area contributed by atoms with E-state index in [-0.39, 0.29) is 0 Å². The minimum atomic E-state index is -0.806. The number of anilines is 2. The second-order valence-corrected chi connectivity index (χ2v) is 8.18. The number of hydrogen-bond acceptors (Lipinski definition) is 8. The van der Waals surface area contributed by atoms with Gasteiger partial charge in [0.2, 0.25) is 12.8 Å². The fourth-order valence-corrected chi connectivity index (χ4v) is 4.10. The monoisotopic (exact) mass is 518 g/mol. The molecule has 0 aliphatic rings. The summed E-state index contributed by atoms with van der Waals surface area (Å²) in [7, 11) is 0. The summed E-state index contributed by atoms with van der Waals surface area (Å²) in [4.78, 5) is 57.3. The molecule has 12 heteroatoms. The van der Waals surface area contributed by atoms with Gasteiger partial charge in [-0.05, 0) is 73.5 Å². The van der Waals surface area contributed by atoms with Gasteiger partial charge in [0.05, 0.1) is 11.0 Å². The molecule has 0 bridgehead atoms. The van der Waals surface area contributed by atoms with E-state index in [1.54, 1.807) is 48.8 Å². The zero-order chi connectivity index (χ0) is 27.1. The van der Waals surface area contributed by atoms with E-state index in [0.29, 0.717) is 61.2 Å². The SMILES string of the molecule is NCCc1cn(OC(=O)/C=C\C(=O)On2cc(CCN)c3cc(NC=O)ccc32)c2ccc(NC=O)cc12. The Morgan fingerprint density at radius 1 is 0.737 bits per heavy atom. The predicted molar refractivity (Wildman–Crippen MR) is 141 cm³/mol. The smallest absolute Gasteiger partial charge is 0.332 e. The van der Waals surface area contributed by atoms with Crippen LogP contribution in [0.2, 0.25) is 0 Å². The third kappa shape index (κ3) is 5.72. The summed E-state index contributed by atoms with van der Waals surface area (Å²) < 4.78 is 2.57. The van der Waals surface area contributed by atoms with Gasteiger partial charge in [0.15, 0.2) is 0 Å². The van der Waals surface area contributed by atoms with E-state index < -0.39 is 11.9 Å². The second-order valence-electron chi connectivity index (χ2n) is 8.18. The molecule has 2 aromatic carbocycles. The molecule has 0 spiro atoms. The number of fused-ring (bicyclic) bond motifs is 2. The molecule has 0 aliphatic carbocycles. The number of nitrogens with zero attached hydrogens (tertiary/aromatic N) is 2. The van der Waals surface area contributed by atoms with Gasteiger partial charge in [-0.15, -0.1) is 0 Å². The van der Waals surface area contributed by atoms with Gasteiger partial charge in [0.25, 0.3) is 0 Å². The van der Waals surface area contributed by atoms with Gasteiger partial charge in [-0.1, -0.05) is 0 Å². The first kappa shape index (κ1) is 26.1. The van der Waals surface area contributed by atoms with Crippen LogP contribution in [0.25, 0.3) is 21.8 Å². The molecule has 12 nitrogen and oxygen atoms in total. The Hall–Kier alpha value is -4.94. The summed E-state index contributed by atoms with van der Waals surface area (Å²) in [6, 6.07) is 10.2. The van der Waals surface area contributed by atoms with Crippen molar-refractivity contribution >= 4 is 57.9 Å². The van der Waals surface area contributed by atoms with Crippen LogP contribution in [0.4, 0.5) is 11.4 Å². The lowest BCUT2D eigenvalue weighted by atomic mass is 10.1. The lowest BCUT2D eigenvalue weighted by Crippen LogP contribution is -2.19. The molecule has 196 valence electrons. The Balaban J connectivity index is 1.49. The van der Waals surface area contributed by atoms with Gasteiger partial charge in [0, 0.05) is 46.7 Å².